The standard InChI is InChI=1S/C26H26N4O3S/c1-2-23(31)27-14-12-19-18-10-6-7-11-21(18)28-22(19)16-20-24(32)29-26(34)30(25(20)33)15-13-17-8-4-3-5-9-17/h3-11,16,33H,2,12-15H2,1H3,(H,27,31)(H,29,32,34). The minimum absolute atomic E-state index is 0.0241. The lowest BCUT2D eigenvalue weighted by Crippen LogP contribution is -2.26. The van der Waals surface area contributed by atoms with Crippen molar-refractivity contribution in [2.75, 3.05) is 6.54 Å². The molecule has 8 heteroatoms. The van der Waals surface area contributed by atoms with Crippen LogP contribution in [0.25, 0.3) is 11.6 Å². The molecule has 7 nitrogen and oxygen atoms in total. The topological polar surface area (TPSA) is 99.5 Å². The molecule has 2 heterocycles. The van der Waals surface area contributed by atoms with Crippen molar-refractivity contribution in [1.29, 1.82) is 0 Å². The summed E-state index contributed by atoms with van der Waals surface area (Å²) in [7, 11) is 0. The molecular formula is C26H26N4O3S. The Labute approximate surface area is 201 Å². The number of aromatic hydroxyl groups is 1. The molecule has 0 fully saturated rings. The van der Waals surface area contributed by atoms with Gasteiger partial charge in [0.1, 0.15) is 5.56 Å². The number of benzene rings is 2. The molecule has 2 aromatic carbocycles. The van der Waals surface area contributed by atoms with Crippen molar-refractivity contribution in [3.8, 4) is 5.88 Å². The number of carbonyl (C=O) groups is 1. The van der Waals surface area contributed by atoms with E-state index in [1.807, 2.05) is 54.6 Å². The number of aromatic amines is 1. The lowest BCUT2D eigenvalue weighted by Gasteiger charge is -2.12. The second-order valence-electron chi connectivity index (χ2n) is 7.97. The maximum atomic E-state index is 12.7. The summed E-state index contributed by atoms with van der Waals surface area (Å²) in [5.74, 6) is -0.217. The number of nitrogens with one attached hydrogen (secondary N) is 2. The highest BCUT2D eigenvalue weighted by Crippen LogP contribution is 2.24. The number of aromatic nitrogens is 2. The molecule has 3 N–H and O–H groups in total. The lowest BCUT2D eigenvalue weighted by molar-refractivity contribution is -0.120. The van der Waals surface area contributed by atoms with Gasteiger partial charge in [0.2, 0.25) is 11.8 Å². The fourth-order valence-electron chi connectivity index (χ4n) is 3.93. The van der Waals surface area contributed by atoms with Gasteiger partial charge in [-0.25, -0.2) is 4.99 Å². The van der Waals surface area contributed by atoms with Gasteiger partial charge in [-0.3, -0.25) is 19.1 Å². The molecule has 0 spiro atoms. The number of nitrogens with zero attached hydrogens (tertiary/aromatic N) is 2. The summed E-state index contributed by atoms with van der Waals surface area (Å²) < 4.78 is 1.69. The quantitative estimate of drug-likeness (QED) is 0.437. The number of para-hydroxylation sites is 1. The Balaban J connectivity index is 1.71. The number of H-pyrrole nitrogens is 1. The van der Waals surface area contributed by atoms with E-state index in [1.165, 1.54) is 4.57 Å². The number of hydrogen-bond acceptors (Lipinski definition) is 5. The van der Waals surface area contributed by atoms with Crippen LogP contribution < -0.4 is 21.5 Å². The monoisotopic (exact) mass is 474 g/mol. The fraction of sp³-hybridized carbons (Fsp3) is 0.231. The summed E-state index contributed by atoms with van der Waals surface area (Å²) in [6, 6.07) is 17.6. The van der Waals surface area contributed by atoms with Crippen LogP contribution in [0.15, 0.2) is 70.1 Å². The van der Waals surface area contributed by atoms with Crippen molar-refractivity contribution in [2.24, 2.45) is 4.99 Å². The number of hydrogen-bond donors (Lipinski definition) is 3. The van der Waals surface area contributed by atoms with E-state index in [1.54, 1.807) is 13.0 Å². The molecular weight excluding hydrogens is 448 g/mol. The van der Waals surface area contributed by atoms with E-state index in [0.717, 1.165) is 21.7 Å². The van der Waals surface area contributed by atoms with Gasteiger partial charge in [0.25, 0.3) is 5.56 Å². The Hall–Kier alpha value is -3.78. The van der Waals surface area contributed by atoms with E-state index in [9.17, 15) is 14.7 Å². The first-order valence-corrected chi connectivity index (χ1v) is 11.6. The molecule has 1 aliphatic rings. The van der Waals surface area contributed by atoms with Crippen LogP contribution in [0.5, 0.6) is 5.88 Å². The smallest absolute Gasteiger partial charge is 0.262 e. The largest absolute Gasteiger partial charge is 0.494 e. The minimum atomic E-state index is -0.476. The molecule has 3 aromatic rings. The van der Waals surface area contributed by atoms with E-state index in [4.69, 9.17) is 12.2 Å². The molecule has 1 aliphatic heterocycles. The second kappa shape index (κ2) is 10.4. The van der Waals surface area contributed by atoms with Gasteiger partial charge in [-0.2, -0.15) is 0 Å². The highest BCUT2D eigenvalue weighted by atomic mass is 32.1. The number of amides is 1. The Kier molecular flexibility index (Phi) is 7.18. The molecule has 0 aliphatic carbocycles. The molecule has 174 valence electrons. The van der Waals surface area contributed by atoms with Crippen molar-refractivity contribution in [2.45, 2.75) is 32.7 Å². The Bertz CT molecular complexity index is 1490. The van der Waals surface area contributed by atoms with Crippen molar-refractivity contribution >= 4 is 29.8 Å². The molecule has 1 aromatic heterocycles. The molecule has 0 atom stereocenters. The average molecular weight is 475 g/mol. The van der Waals surface area contributed by atoms with Crippen LogP contribution >= 0.6 is 12.2 Å². The zero-order valence-electron chi connectivity index (χ0n) is 18.9. The van der Waals surface area contributed by atoms with Gasteiger partial charge in [0.15, 0.2) is 4.77 Å². The molecule has 0 saturated carbocycles. The Morgan fingerprint density at radius 3 is 2.65 bits per heavy atom. The Morgan fingerprint density at radius 1 is 1.15 bits per heavy atom. The predicted molar refractivity (Wildman–Crippen MR) is 134 cm³/mol. The molecule has 0 radical (unpaired) electrons. The normalized spacial score (nSPS) is 13.6. The summed E-state index contributed by atoms with van der Waals surface area (Å²) in [6.45, 7) is 2.67. The van der Waals surface area contributed by atoms with Gasteiger partial charge < -0.3 is 10.4 Å². The first-order chi connectivity index (χ1) is 16.5. The highest BCUT2D eigenvalue weighted by Gasteiger charge is 2.17. The van der Waals surface area contributed by atoms with Gasteiger partial charge in [-0.15, -0.1) is 0 Å². The number of allylic oxidation sites excluding steroid dienone is 1. The molecule has 34 heavy (non-hydrogen) atoms. The van der Waals surface area contributed by atoms with Crippen molar-refractivity contribution < 1.29 is 9.90 Å². The van der Waals surface area contributed by atoms with Gasteiger partial charge in [0, 0.05) is 24.7 Å². The van der Waals surface area contributed by atoms with Gasteiger partial charge >= 0.3 is 0 Å². The minimum Gasteiger partial charge on any atom is -0.494 e. The summed E-state index contributed by atoms with van der Waals surface area (Å²) >= 11 is 5.32. The van der Waals surface area contributed by atoms with Crippen molar-refractivity contribution in [1.82, 2.24) is 14.9 Å². The predicted octanol–water partition coefficient (Wildman–Crippen LogP) is 2.60. The van der Waals surface area contributed by atoms with Gasteiger partial charge in [-0.1, -0.05) is 55.5 Å². The average Bonchev–Trinajstić information content (AvgIpc) is 3.19. The summed E-state index contributed by atoms with van der Waals surface area (Å²) in [4.78, 5) is 31.8. The first kappa shape index (κ1) is 23.4. The Morgan fingerprint density at radius 2 is 1.88 bits per heavy atom. The number of aryl methyl sites for hydroxylation is 1. The van der Waals surface area contributed by atoms with Crippen LogP contribution in [0.4, 0.5) is 0 Å². The third-order valence-electron chi connectivity index (χ3n) is 5.75. The van der Waals surface area contributed by atoms with E-state index in [0.29, 0.717) is 38.0 Å². The third-order valence-corrected chi connectivity index (χ3v) is 6.07. The number of rotatable bonds is 8. The number of carbonyl (C=O) groups excluding carboxylic acids is 1. The maximum Gasteiger partial charge on any atom is 0.262 e. The van der Waals surface area contributed by atoms with Crippen LogP contribution in [0.3, 0.4) is 0 Å². The van der Waals surface area contributed by atoms with Crippen molar-refractivity contribution in [3.05, 3.63) is 97.1 Å². The van der Waals surface area contributed by atoms with Crippen LogP contribution in [0.1, 0.15) is 30.9 Å². The van der Waals surface area contributed by atoms with Gasteiger partial charge in [0.05, 0.1) is 11.1 Å². The molecule has 0 unspecified atom stereocenters. The number of fused-ring (bicyclic) bond motifs is 1. The maximum absolute atomic E-state index is 12.7. The molecule has 0 saturated heterocycles. The first-order valence-electron chi connectivity index (χ1n) is 11.2. The molecule has 0 bridgehead atoms. The zero-order valence-corrected chi connectivity index (χ0v) is 19.7. The van der Waals surface area contributed by atoms with Crippen LogP contribution in [-0.4, -0.2) is 27.1 Å². The highest BCUT2D eigenvalue weighted by molar-refractivity contribution is 7.71. The lowest BCUT2D eigenvalue weighted by atomic mass is 10.1. The molecule has 1 amide bonds. The van der Waals surface area contributed by atoms with Crippen molar-refractivity contribution in [3.63, 3.8) is 0 Å². The SMILES string of the molecule is CCC(=O)NCCC1=c2ccccc2=NC1=Cc1c(O)n(CCc2ccccc2)c(=S)[nH]c1=O. The van der Waals surface area contributed by atoms with E-state index in [2.05, 4.69) is 15.3 Å². The third kappa shape index (κ3) is 5.07. The van der Waals surface area contributed by atoms with Crippen LogP contribution in [0, 0.1) is 4.77 Å². The van der Waals surface area contributed by atoms with E-state index >= 15 is 0 Å². The van der Waals surface area contributed by atoms with Crippen LogP contribution in [0.2, 0.25) is 0 Å². The van der Waals surface area contributed by atoms with Crippen LogP contribution in [-0.2, 0) is 17.8 Å². The fourth-order valence-corrected chi connectivity index (χ4v) is 4.20. The molecule has 4 rings (SSSR count). The van der Waals surface area contributed by atoms with E-state index in [-0.39, 0.29) is 22.1 Å². The summed E-state index contributed by atoms with van der Waals surface area (Å²) in [5, 5.41) is 15.6. The summed E-state index contributed by atoms with van der Waals surface area (Å²) in [6.07, 6.45) is 3.20. The summed E-state index contributed by atoms with van der Waals surface area (Å²) in [5.41, 5.74) is 2.21. The van der Waals surface area contributed by atoms with Gasteiger partial charge in [-0.05, 0) is 48.3 Å². The second-order valence-corrected chi connectivity index (χ2v) is 8.36. The van der Waals surface area contributed by atoms with E-state index < -0.39 is 5.56 Å². The zero-order chi connectivity index (χ0) is 24.1.